The molecule has 1 N–H and O–H groups in total. The van der Waals surface area contributed by atoms with Gasteiger partial charge in [0, 0.05) is 0 Å². The standard InChI is InChI=1S/C8H13NO4/c1-5(10)6(9-12)7(11)13-8(2,3)4/h10H,1-4H3/b6-5+. The van der Waals surface area contributed by atoms with Crippen LogP contribution in [0, 0.1) is 4.91 Å². The van der Waals surface area contributed by atoms with Crippen LogP contribution in [-0.2, 0) is 9.53 Å². The molecule has 0 rings (SSSR count). The minimum Gasteiger partial charge on any atom is -0.510 e. The van der Waals surface area contributed by atoms with Crippen molar-refractivity contribution in [3.05, 3.63) is 16.4 Å². The normalized spacial score (nSPS) is 13.2. The second-order valence-electron chi connectivity index (χ2n) is 3.53. The summed E-state index contributed by atoms with van der Waals surface area (Å²) in [5.41, 5.74) is -1.29. The van der Waals surface area contributed by atoms with Crippen molar-refractivity contribution in [3.8, 4) is 0 Å². The second kappa shape index (κ2) is 4.02. The number of aliphatic hydroxyl groups excluding tert-OH is 1. The third kappa shape index (κ3) is 4.25. The van der Waals surface area contributed by atoms with Crippen LogP contribution in [0.4, 0.5) is 0 Å². The Balaban J connectivity index is 4.62. The SMILES string of the molecule is C/C(O)=C(\N=O)C(=O)OC(C)(C)C. The summed E-state index contributed by atoms with van der Waals surface area (Å²) in [6, 6.07) is 0. The molecule has 5 nitrogen and oxygen atoms in total. The van der Waals surface area contributed by atoms with Gasteiger partial charge in [-0.1, -0.05) is 0 Å². The predicted molar refractivity (Wildman–Crippen MR) is 47.0 cm³/mol. The van der Waals surface area contributed by atoms with Crippen molar-refractivity contribution in [2.45, 2.75) is 33.3 Å². The molecule has 0 aromatic rings. The van der Waals surface area contributed by atoms with Crippen molar-refractivity contribution in [2.24, 2.45) is 5.18 Å². The van der Waals surface area contributed by atoms with E-state index in [0.29, 0.717) is 0 Å². The van der Waals surface area contributed by atoms with Crippen molar-refractivity contribution in [3.63, 3.8) is 0 Å². The Labute approximate surface area is 76.4 Å². The molecule has 0 bridgehead atoms. The van der Waals surface area contributed by atoms with Crippen LogP contribution in [0.2, 0.25) is 0 Å². The lowest BCUT2D eigenvalue weighted by Gasteiger charge is -2.18. The topological polar surface area (TPSA) is 76.0 Å². The van der Waals surface area contributed by atoms with Crippen LogP contribution in [0.25, 0.3) is 0 Å². The number of aliphatic hydroxyl groups is 1. The average molecular weight is 187 g/mol. The first-order valence-corrected chi connectivity index (χ1v) is 3.74. The Bertz CT molecular complexity index is 245. The lowest BCUT2D eigenvalue weighted by molar-refractivity contribution is -0.150. The number of esters is 1. The minimum absolute atomic E-state index is 0.441. The largest absolute Gasteiger partial charge is 0.510 e. The Morgan fingerprint density at radius 3 is 2.08 bits per heavy atom. The minimum atomic E-state index is -0.914. The summed E-state index contributed by atoms with van der Waals surface area (Å²) in [4.78, 5) is 21.2. The summed E-state index contributed by atoms with van der Waals surface area (Å²) in [5.74, 6) is -1.35. The van der Waals surface area contributed by atoms with Gasteiger partial charge in [-0.15, -0.1) is 4.91 Å². The molecule has 0 amide bonds. The number of allylic oxidation sites excluding steroid dienone is 1. The van der Waals surface area contributed by atoms with E-state index in [1.165, 1.54) is 6.92 Å². The molecule has 0 saturated heterocycles. The van der Waals surface area contributed by atoms with Gasteiger partial charge in [-0.2, -0.15) is 0 Å². The van der Waals surface area contributed by atoms with Gasteiger partial charge in [-0.05, 0) is 32.9 Å². The molecule has 0 unspecified atom stereocenters. The fourth-order valence-corrected chi connectivity index (χ4v) is 0.577. The molecule has 0 aromatic carbocycles. The lowest BCUT2D eigenvalue weighted by Crippen LogP contribution is -2.24. The zero-order valence-electron chi connectivity index (χ0n) is 8.12. The summed E-state index contributed by atoms with van der Waals surface area (Å²) in [5, 5.41) is 11.2. The summed E-state index contributed by atoms with van der Waals surface area (Å²) in [7, 11) is 0. The van der Waals surface area contributed by atoms with Crippen molar-refractivity contribution in [1.29, 1.82) is 0 Å². The number of hydrogen-bond acceptors (Lipinski definition) is 5. The third-order valence-corrected chi connectivity index (χ3v) is 1.03. The number of hydrogen-bond donors (Lipinski definition) is 1. The van der Waals surface area contributed by atoms with Crippen LogP contribution in [0.5, 0.6) is 0 Å². The van der Waals surface area contributed by atoms with Gasteiger partial charge in [-0.25, -0.2) is 4.79 Å². The maximum absolute atomic E-state index is 11.1. The highest BCUT2D eigenvalue weighted by molar-refractivity contribution is 5.88. The van der Waals surface area contributed by atoms with E-state index in [4.69, 9.17) is 9.84 Å². The molecule has 0 aliphatic carbocycles. The highest BCUT2D eigenvalue weighted by Gasteiger charge is 2.22. The molecule has 0 radical (unpaired) electrons. The first-order chi connectivity index (χ1) is 5.78. The molecule has 0 fully saturated rings. The Hall–Kier alpha value is -1.39. The number of nitrogens with zero attached hydrogens (tertiary/aromatic N) is 1. The van der Waals surface area contributed by atoms with Crippen LogP contribution in [-0.4, -0.2) is 16.7 Å². The number of rotatable bonds is 2. The lowest BCUT2D eigenvalue weighted by atomic mass is 10.2. The molecule has 0 spiro atoms. The van der Waals surface area contributed by atoms with E-state index in [2.05, 4.69) is 5.18 Å². The molecule has 5 heteroatoms. The van der Waals surface area contributed by atoms with Crippen molar-refractivity contribution in [2.75, 3.05) is 0 Å². The van der Waals surface area contributed by atoms with Crippen LogP contribution in [0.1, 0.15) is 27.7 Å². The smallest absolute Gasteiger partial charge is 0.364 e. The van der Waals surface area contributed by atoms with Gasteiger partial charge in [-0.3, -0.25) is 0 Å². The van der Waals surface area contributed by atoms with Crippen molar-refractivity contribution < 1.29 is 14.6 Å². The van der Waals surface area contributed by atoms with E-state index >= 15 is 0 Å². The fraction of sp³-hybridized carbons (Fsp3) is 0.625. The molecular formula is C8H13NO4. The number of nitroso groups, excluding NO2 is 1. The first-order valence-electron chi connectivity index (χ1n) is 3.74. The average Bonchev–Trinajstić information content (AvgIpc) is 1.82. The maximum Gasteiger partial charge on any atom is 0.364 e. The van der Waals surface area contributed by atoms with Gasteiger partial charge in [0.2, 0.25) is 5.70 Å². The molecule has 0 aromatic heterocycles. The van der Waals surface area contributed by atoms with E-state index in [9.17, 15) is 9.70 Å². The maximum atomic E-state index is 11.1. The number of ether oxygens (including phenoxy) is 1. The Kier molecular flexibility index (Phi) is 3.59. The molecule has 0 atom stereocenters. The van der Waals surface area contributed by atoms with Gasteiger partial charge in [0.25, 0.3) is 0 Å². The monoisotopic (exact) mass is 187 g/mol. The first kappa shape index (κ1) is 11.6. The highest BCUT2D eigenvalue weighted by atomic mass is 16.6. The van der Waals surface area contributed by atoms with Crippen LogP contribution >= 0.6 is 0 Å². The highest BCUT2D eigenvalue weighted by Crippen LogP contribution is 2.13. The Morgan fingerprint density at radius 2 is 1.85 bits per heavy atom. The summed E-state index contributed by atoms with van der Waals surface area (Å²) < 4.78 is 4.80. The fourth-order valence-electron chi connectivity index (χ4n) is 0.577. The molecule has 13 heavy (non-hydrogen) atoms. The summed E-state index contributed by atoms with van der Waals surface area (Å²) in [6.07, 6.45) is 0. The zero-order valence-corrected chi connectivity index (χ0v) is 8.12. The van der Waals surface area contributed by atoms with Gasteiger partial charge in [0.05, 0.1) is 0 Å². The van der Waals surface area contributed by atoms with E-state index < -0.39 is 23.0 Å². The summed E-state index contributed by atoms with van der Waals surface area (Å²) in [6.45, 7) is 6.15. The zero-order chi connectivity index (χ0) is 10.6. The van der Waals surface area contributed by atoms with Gasteiger partial charge < -0.3 is 9.84 Å². The van der Waals surface area contributed by atoms with Gasteiger partial charge in [0.15, 0.2) is 0 Å². The van der Waals surface area contributed by atoms with Gasteiger partial charge >= 0.3 is 5.97 Å². The molecule has 0 saturated carbocycles. The predicted octanol–water partition coefficient (Wildman–Crippen LogP) is 1.88. The molecule has 0 heterocycles. The van der Waals surface area contributed by atoms with Crippen LogP contribution in [0.15, 0.2) is 16.6 Å². The van der Waals surface area contributed by atoms with E-state index in [1.54, 1.807) is 20.8 Å². The molecule has 0 aliphatic rings. The van der Waals surface area contributed by atoms with E-state index in [-0.39, 0.29) is 0 Å². The number of carbonyl (C=O) groups excluding carboxylic acids is 1. The molecular weight excluding hydrogens is 174 g/mol. The summed E-state index contributed by atoms with van der Waals surface area (Å²) >= 11 is 0. The third-order valence-electron chi connectivity index (χ3n) is 1.03. The number of carbonyl (C=O) groups is 1. The molecule has 0 aliphatic heterocycles. The molecule has 74 valence electrons. The van der Waals surface area contributed by atoms with Gasteiger partial charge in [0.1, 0.15) is 11.4 Å². The Morgan fingerprint density at radius 1 is 1.38 bits per heavy atom. The quantitative estimate of drug-likeness (QED) is 0.310. The van der Waals surface area contributed by atoms with Crippen molar-refractivity contribution in [1.82, 2.24) is 0 Å². The van der Waals surface area contributed by atoms with Crippen LogP contribution in [0.3, 0.4) is 0 Å². The van der Waals surface area contributed by atoms with Crippen molar-refractivity contribution >= 4 is 5.97 Å². The van der Waals surface area contributed by atoms with E-state index in [0.717, 1.165) is 0 Å². The van der Waals surface area contributed by atoms with E-state index in [1.807, 2.05) is 0 Å². The van der Waals surface area contributed by atoms with Crippen LogP contribution < -0.4 is 0 Å². The second-order valence-corrected chi connectivity index (χ2v) is 3.53.